The minimum Gasteiger partial charge on any atom is -0.0984 e. The lowest BCUT2D eigenvalue weighted by Gasteiger charge is -2.12. The zero-order chi connectivity index (χ0) is 13.0. The van der Waals surface area contributed by atoms with Gasteiger partial charge in [-0.2, -0.15) is 0 Å². The molecule has 0 unspecified atom stereocenters. The third kappa shape index (κ3) is 2.28. The zero-order valence-electron chi connectivity index (χ0n) is 11.0. The van der Waals surface area contributed by atoms with Crippen LogP contribution in [0.4, 0.5) is 0 Å². The first-order chi connectivity index (χ1) is 8.77. The molecule has 0 radical (unpaired) electrons. The van der Waals surface area contributed by atoms with Crippen molar-refractivity contribution in [3.05, 3.63) is 71.8 Å². The number of allylic oxidation sites excluding steroid dienone is 1. The Balaban J connectivity index is 2.72. The smallest absolute Gasteiger partial charge is 0.0105 e. The van der Waals surface area contributed by atoms with Crippen LogP contribution in [-0.2, 0) is 0 Å². The van der Waals surface area contributed by atoms with Gasteiger partial charge in [-0.3, -0.25) is 0 Å². The molecule has 0 aliphatic heterocycles. The van der Waals surface area contributed by atoms with Crippen LogP contribution in [0.25, 0.3) is 23.3 Å². The van der Waals surface area contributed by atoms with E-state index in [-0.39, 0.29) is 0 Å². The molecule has 0 fully saturated rings. The van der Waals surface area contributed by atoms with E-state index in [2.05, 4.69) is 62.1 Å². The molecular formula is C18H18. The average molecular weight is 234 g/mol. The van der Waals surface area contributed by atoms with Crippen LogP contribution in [0.5, 0.6) is 0 Å². The van der Waals surface area contributed by atoms with Crippen LogP contribution < -0.4 is 0 Å². The van der Waals surface area contributed by atoms with Gasteiger partial charge in [0.2, 0.25) is 0 Å². The molecule has 0 spiro atoms. The van der Waals surface area contributed by atoms with Crippen molar-refractivity contribution >= 4 is 12.2 Å². The van der Waals surface area contributed by atoms with Gasteiger partial charge in [-0.05, 0) is 41.7 Å². The van der Waals surface area contributed by atoms with Gasteiger partial charge >= 0.3 is 0 Å². The van der Waals surface area contributed by atoms with Crippen molar-refractivity contribution in [1.29, 1.82) is 0 Å². The third-order valence-corrected chi connectivity index (χ3v) is 3.13. The Bertz CT molecular complexity index is 574. The molecule has 0 saturated carbocycles. The Hall–Kier alpha value is -2.08. The number of hydrogen-bond acceptors (Lipinski definition) is 0. The Labute approximate surface area is 109 Å². The van der Waals surface area contributed by atoms with Crippen molar-refractivity contribution in [3.8, 4) is 11.1 Å². The van der Waals surface area contributed by atoms with Gasteiger partial charge in [-0.25, -0.2) is 0 Å². The van der Waals surface area contributed by atoms with Crippen LogP contribution >= 0.6 is 0 Å². The highest BCUT2D eigenvalue weighted by Gasteiger charge is 2.07. The summed E-state index contributed by atoms with van der Waals surface area (Å²) < 4.78 is 0. The molecule has 0 nitrogen and oxygen atoms in total. The lowest BCUT2D eigenvalue weighted by Crippen LogP contribution is -1.91. The average Bonchev–Trinajstić information content (AvgIpc) is 2.41. The summed E-state index contributed by atoms with van der Waals surface area (Å²) in [6.45, 7) is 8.10. The molecule has 0 aliphatic rings. The van der Waals surface area contributed by atoms with Crippen LogP contribution in [0.15, 0.2) is 55.1 Å². The molecule has 0 saturated heterocycles. The summed E-state index contributed by atoms with van der Waals surface area (Å²) in [5.41, 5.74) is 6.23. The standard InChI is InChI=1S/C18H18/c1-4-9-18-16(5-2)14(3)12-13-17(18)15-10-7-6-8-11-15/h4-13H,2H2,1,3H3/b9-4-. The topological polar surface area (TPSA) is 0 Å². The minimum atomic E-state index is 1.22. The van der Waals surface area contributed by atoms with E-state index in [1.54, 1.807) is 0 Å². The summed E-state index contributed by atoms with van der Waals surface area (Å²) in [6, 6.07) is 14.8. The molecule has 18 heavy (non-hydrogen) atoms. The molecule has 90 valence electrons. The molecule has 0 bridgehead atoms. The maximum atomic E-state index is 3.94. The fraction of sp³-hybridized carbons (Fsp3) is 0.111. The van der Waals surface area contributed by atoms with Gasteiger partial charge in [0.1, 0.15) is 0 Å². The SMILES string of the molecule is C=Cc1c(C)ccc(-c2ccccc2)c1/C=C\C. The van der Waals surface area contributed by atoms with Gasteiger partial charge in [0, 0.05) is 0 Å². The maximum Gasteiger partial charge on any atom is -0.0105 e. The maximum absolute atomic E-state index is 3.94. The van der Waals surface area contributed by atoms with Crippen LogP contribution in [0.3, 0.4) is 0 Å². The fourth-order valence-corrected chi connectivity index (χ4v) is 2.23. The van der Waals surface area contributed by atoms with Gasteiger partial charge in [0.05, 0.1) is 0 Å². The summed E-state index contributed by atoms with van der Waals surface area (Å²) in [5, 5.41) is 0. The van der Waals surface area contributed by atoms with E-state index in [0.717, 1.165) is 0 Å². The van der Waals surface area contributed by atoms with Crippen molar-refractivity contribution in [1.82, 2.24) is 0 Å². The molecule has 0 heteroatoms. The van der Waals surface area contributed by atoms with Gasteiger partial charge in [0.15, 0.2) is 0 Å². The van der Waals surface area contributed by atoms with Gasteiger partial charge in [0.25, 0.3) is 0 Å². The molecule has 0 atom stereocenters. The number of aryl methyl sites for hydroxylation is 1. The normalized spacial score (nSPS) is 10.8. The second-order valence-electron chi connectivity index (χ2n) is 4.33. The summed E-state index contributed by atoms with van der Waals surface area (Å²) >= 11 is 0. The predicted molar refractivity (Wildman–Crippen MR) is 81.4 cm³/mol. The first-order valence-electron chi connectivity index (χ1n) is 6.22. The van der Waals surface area contributed by atoms with Crippen molar-refractivity contribution < 1.29 is 0 Å². The van der Waals surface area contributed by atoms with Crippen molar-refractivity contribution in [2.24, 2.45) is 0 Å². The van der Waals surface area contributed by atoms with E-state index in [0.29, 0.717) is 0 Å². The van der Waals surface area contributed by atoms with E-state index in [1.807, 2.05) is 19.1 Å². The Morgan fingerprint density at radius 3 is 2.28 bits per heavy atom. The van der Waals surface area contributed by atoms with Crippen molar-refractivity contribution in [2.45, 2.75) is 13.8 Å². The summed E-state index contributed by atoms with van der Waals surface area (Å²) in [5.74, 6) is 0. The molecule has 0 aliphatic carbocycles. The summed E-state index contributed by atoms with van der Waals surface area (Å²) in [7, 11) is 0. The summed E-state index contributed by atoms with van der Waals surface area (Å²) in [4.78, 5) is 0. The minimum absolute atomic E-state index is 1.22. The van der Waals surface area contributed by atoms with E-state index in [4.69, 9.17) is 0 Å². The first kappa shape index (κ1) is 12.4. The quantitative estimate of drug-likeness (QED) is 0.672. The molecule has 2 rings (SSSR count). The number of rotatable bonds is 3. The summed E-state index contributed by atoms with van der Waals surface area (Å²) in [6.07, 6.45) is 6.18. The van der Waals surface area contributed by atoms with Gasteiger partial charge in [-0.1, -0.05) is 67.3 Å². The Morgan fingerprint density at radius 1 is 0.944 bits per heavy atom. The predicted octanol–water partition coefficient (Wildman–Crippen LogP) is 5.34. The third-order valence-electron chi connectivity index (χ3n) is 3.13. The lowest BCUT2D eigenvalue weighted by atomic mass is 9.92. The highest BCUT2D eigenvalue weighted by molar-refractivity contribution is 5.82. The Morgan fingerprint density at radius 2 is 1.67 bits per heavy atom. The molecular weight excluding hydrogens is 216 g/mol. The van der Waals surface area contributed by atoms with Crippen LogP contribution in [0.1, 0.15) is 23.6 Å². The monoisotopic (exact) mass is 234 g/mol. The second kappa shape index (κ2) is 5.50. The largest absolute Gasteiger partial charge is 0.0984 e. The molecule has 2 aromatic rings. The molecule has 0 aromatic heterocycles. The highest BCUT2D eigenvalue weighted by Crippen LogP contribution is 2.30. The zero-order valence-corrected chi connectivity index (χ0v) is 11.0. The molecule has 0 heterocycles. The number of benzene rings is 2. The number of hydrogen-bond donors (Lipinski definition) is 0. The van der Waals surface area contributed by atoms with Crippen LogP contribution in [0, 0.1) is 6.92 Å². The fourth-order valence-electron chi connectivity index (χ4n) is 2.23. The molecule has 2 aromatic carbocycles. The first-order valence-corrected chi connectivity index (χ1v) is 6.22. The van der Waals surface area contributed by atoms with Gasteiger partial charge < -0.3 is 0 Å². The van der Waals surface area contributed by atoms with E-state index in [1.165, 1.54) is 27.8 Å². The lowest BCUT2D eigenvalue weighted by molar-refractivity contribution is 1.42. The van der Waals surface area contributed by atoms with E-state index >= 15 is 0 Å². The van der Waals surface area contributed by atoms with E-state index < -0.39 is 0 Å². The van der Waals surface area contributed by atoms with Crippen LogP contribution in [-0.4, -0.2) is 0 Å². The van der Waals surface area contributed by atoms with E-state index in [9.17, 15) is 0 Å². The Kier molecular flexibility index (Phi) is 3.78. The molecule has 0 N–H and O–H groups in total. The van der Waals surface area contributed by atoms with Crippen molar-refractivity contribution in [3.63, 3.8) is 0 Å². The van der Waals surface area contributed by atoms with Crippen molar-refractivity contribution in [2.75, 3.05) is 0 Å². The highest BCUT2D eigenvalue weighted by atomic mass is 14.1. The second-order valence-corrected chi connectivity index (χ2v) is 4.33. The van der Waals surface area contributed by atoms with Crippen LogP contribution in [0.2, 0.25) is 0 Å². The molecule has 0 amide bonds. The van der Waals surface area contributed by atoms with Gasteiger partial charge in [-0.15, -0.1) is 0 Å².